The van der Waals surface area contributed by atoms with E-state index in [2.05, 4.69) is 13.8 Å². The normalized spacial score (nSPS) is 21.0. The van der Waals surface area contributed by atoms with E-state index in [9.17, 15) is 0 Å². The molecule has 0 aliphatic heterocycles. The predicted octanol–water partition coefficient (Wildman–Crippen LogP) is 4.31. The summed E-state index contributed by atoms with van der Waals surface area (Å²) in [7, 11) is 0. The molecular formula is C13H26O. The summed E-state index contributed by atoms with van der Waals surface area (Å²) < 4.78 is 6.02. The highest BCUT2D eigenvalue weighted by Gasteiger charge is 2.26. The van der Waals surface area contributed by atoms with Gasteiger partial charge in [-0.1, -0.05) is 45.4 Å². The lowest BCUT2D eigenvalue weighted by Gasteiger charge is -2.33. The maximum absolute atomic E-state index is 6.02. The molecule has 0 radical (unpaired) electrons. The second-order valence-corrected chi connectivity index (χ2v) is 4.92. The van der Waals surface area contributed by atoms with Crippen LogP contribution in [-0.2, 0) is 4.74 Å². The summed E-state index contributed by atoms with van der Waals surface area (Å²) in [4.78, 5) is 0. The summed E-state index contributed by atoms with van der Waals surface area (Å²) in [5.41, 5.74) is 0.227. The van der Waals surface area contributed by atoms with Crippen LogP contribution in [0.4, 0.5) is 0 Å². The molecule has 0 spiro atoms. The van der Waals surface area contributed by atoms with Crippen molar-refractivity contribution in [2.75, 3.05) is 6.61 Å². The Morgan fingerprint density at radius 2 is 1.71 bits per heavy atom. The molecule has 1 nitrogen and oxygen atoms in total. The lowest BCUT2D eigenvalue weighted by atomic mass is 9.86. The Bertz CT molecular complexity index is 136. The highest BCUT2D eigenvalue weighted by Crippen LogP contribution is 2.31. The van der Waals surface area contributed by atoms with Gasteiger partial charge in [-0.2, -0.15) is 0 Å². The molecule has 14 heavy (non-hydrogen) atoms. The van der Waals surface area contributed by atoms with E-state index in [0.29, 0.717) is 0 Å². The van der Waals surface area contributed by atoms with Gasteiger partial charge < -0.3 is 4.74 Å². The van der Waals surface area contributed by atoms with Crippen molar-refractivity contribution in [1.82, 2.24) is 0 Å². The third kappa shape index (κ3) is 4.45. The molecule has 1 heteroatoms. The molecule has 0 aromatic heterocycles. The molecule has 0 saturated heterocycles. The summed E-state index contributed by atoms with van der Waals surface area (Å²) in [5.74, 6) is 0. The van der Waals surface area contributed by atoms with Crippen molar-refractivity contribution in [3.8, 4) is 0 Å². The first-order chi connectivity index (χ1) is 6.77. The van der Waals surface area contributed by atoms with E-state index < -0.39 is 0 Å². The smallest absolute Gasteiger partial charge is 0.0654 e. The van der Waals surface area contributed by atoms with Crippen LogP contribution in [0.25, 0.3) is 0 Å². The molecule has 0 amide bonds. The molecule has 0 atom stereocenters. The van der Waals surface area contributed by atoms with E-state index >= 15 is 0 Å². The van der Waals surface area contributed by atoms with Gasteiger partial charge in [-0.25, -0.2) is 0 Å². The molecule has 0 heterocycles. The van der Waals surface area contributed by atoms with Crippen LogP contribution >= 0.6 is 0 Å². The quantitative estimate of drug-likeness (QED) is 0.578. The first kappa shape index (κ1) is 12.0. The number of hydrogen-bond donors (Lipinski definition) is 0. The zero-order valence-corrected chi connectivity index (χ0v) is 9.98. The van der Waals surface area contributed by atoms with Gasteiger partial charge >= 0.3 is 0 Å². The first-order valence-electron chi connectivity index (χ1n) is 6.41. The van der Waals surface area contributed by atoms with Gasteiger partial charge in [0.25, 0.3) is 0 Å². The molecule has 84 valence electrons. The fourth-order valence-corrected chi connectivity index (χ4v) is 2.29. The van der Waals surface area contributed by atoms with Gasteiger partial charge in [0.2, 0.25) is 0 Å². The minimum Gasteiger partial charge on any atom is -0.375 e. The fourth-order valence-electron chi connectivity index (χ4n) is 2.29. The van der Waals surface area contributed by atoms with Crippen LogP contribution in [0.15, 0.2) is 0 Å². The van der Waals surface area contributed by atoms with E-state index in [1.54, 1.807) is 0 Å². The zero-order chi connectivity index (χ0) is 10.3. The lowest BCUT2D eigenvalue weighted by molar-refractivity contribution is -0.0574. The largest absolute Gasteiger partial charge is 0.375 e. The predicted molar refractivity (Wildman–Crippen MR) is 61.6 cm³/mol. The standard InChI is InChI=1S/C13H26O/c1-3-4-5-9-12-14-13(2)10-7-6-8-11-13/h3-12H2,1-2H3. The first-order valence-corrected chi connectivity index (χ1v) is 6.41. The molecule has 1 aliphatic carbocycles. The van der Waals surface area contributed by atoms with Gasteiger partial charge in [-0.05, 0) is 26.2 Å². The second-order valence-electron chi connectivity index (χ2n) is 4.92. The van der Waals surface area contributed by atoms with Gasteiger partial charge in [0.15, 0.2) is 0 Å². The SMILES string of the molecule is CCCCCCOC1(C)CCCCC1. The van der Waals surface area contributed by atoms with Crippen molar-refractivity contribution in [3.63, 3.8) is 0 Å². The molecule has 0 N–H and O–H groups in total. The molecule has 0 unspecified atom stereocenters. The van der Waals surface area contributed by atoms with E-state index in [1.807, 2.05) is 0 Å². The van der Waals surface area contributed by atoms with E-state index in [0.717, 1.165) is 6.61 Å². The number of rotatable bonds is 6. The highest BCUT2D eigenvalue weighted by molar-refractivity contribution is 4.79. The van der Waals surface area contributed by atoms with Gasteiger partial charge in [0.05, 0.1) is 5.60 Å². The summed E-state index contributed by atoms with van der Waals surface area (Å²) in [6.45, 7) is 5.53. The van der Waals surface area contributed by atoms with Crippen LogP contribution < -0.4 is 0 Å². The Morgan fingerprint density at radius 3 is 2.36 bits per heavy atom. The molecule has 1 fully saturated rings. The molecule has 0 bridgehead atoms. The molecular weight excluding hydrogens is 172 g/mol. The molecule has 0 aromatic rings. The Labute approximate surface area is 89.2 Å². The lowest BCUT2D eigenvalue weighted by Crippen LogP contribution is -2.31. The number of ether oxygens (including phenoxy) is 1. The molecule has 1 rings (SSSR count). The maximum Gasteiger partial charge on any atom is 0.0654 e. The average Bonchev–Trinajstić information content (AvgIpc) is 2.18. The van der Waals surface area contributed by atoms with Crippen molar-refractivity contribution in [3.05, 3.63) is 0 Å². The second kappa shape index (κ2) is 6.44. The Hall–Kier alpha value is -0.0400. The summed E-state index contributed by atoms with van der Waals surface area (Å²) >= 11 is 0. The molecule has 0 aromatic carbocycles. The minimum absolute atomic E-state index is 0.227. The van der Waals surface area contributed by atoms with Gasteiger partial charge in [0, 0.05) is 6.61 Å². The van der Waals surface area contributed by atoms with Gasteiger partial charge in [-0.3, -0.25) is 0 Å². The zero-order valence-electron chi connectivity index (χ0n) is 9.98. The number of hydrogen-bond acceptors (Lipinski definition) is 1. The van der Waals surface area contributed by atoms with Crippen LogP contribution in [0.5, 0.6) is 0 Å². The number of unbranched alkanes of at least 4 members (excludes halogenated alkanes) is 3. The maximum atomic E-state index is 6.02. The fraction of sp³-hybridized carbons (Fsp3) is 1.00. The third-order valence-corrected chi connectivity index (χ3v) is 3.36. The van der Waals surface area contributed by atoms with Gasteiger partial charge in [0.1, 0.15) is 0 Å². The topological polar surface area (TPSA) is 9.23 Å². The van der Waals surface area contributed by atoms with Crippen LogP contribution in [0.3, 0.4) is 0 Å². The summed E-state index contributed by atoms with van der Waals surface area (Å²) in [5, 5.41) is 0. The molecule has 1 aliphatic rings. The van der Waals surface area contributed by atoms with Crippen molar-refractivity contribution in [1.29, 1.82) is 0 Å². The molecule has 1 saturated carbocycles. The van der Waals surface area contributed by atoms with Crippen LogP contribution in [0, 0.1) is 0 Å². The monoisotopic (exact) mass is 198 g/mol. The van der Waals surface area contributed by atoms with Crippen LogP contribution in [0.1, 0.15) is 71.6 Å². The minimum atomic E-state index is 0.227. The van der Waals surface area contributed by atoms with Crippen LogP contribution in [-0.4, -0.2) is 12.2 Å². The van der Waals surface area contributed by atoms with Crippen molar-refractivity contribution in [2.45, 2.75) is 77.2 Å². The summed E-state index contributed by atoms with van der Waals surface area (Å²) in [6, 6.07) is 0. The Kier molecular flexibility index (Phi) is 5.54. The van der Waals surface area contributed by atoms with Crippen LogP contribution in [0.2, 0.25) is 0 Å². The van der Waals surface area contributed by atoms with E-state index in [1.165, 1.54) is 57.8 Å². The van der Waals surface area contributed by atoms with Crippen molar-refractivity contribution in [2.24, 2.45) is 0 Å². The Balaban J connectivity index is 2.03. The third-order valence-electron chi connectivity index (χ3n) is 3.36. The van der Waals surface area contributed by atoms with Crippen molar-refractivity contribution >= 4 is 0 Å². The van der Waals surface area contributed by atoms with Gasteiger partial charge in [-0.15, -0.1) is 0 Å². The van der Waals surface area contributed by atoms with E-state index in [4.69, 9.17) is 4.74 Å². The highest BCUT2D eigenvalue weighted by atomic mass is 16.5. The Morgan fingerprint density at radius 1 is 1.00 bits per heavy atom. The van der Waals surface area contributed by atoms with E-state index in [-0.39, 0.29) is 5.60 Å². The summed E-state index contributed by atoms with van der Waals surface area (Å²) in [6.07, 6.45) is 12.0. The van der Waals surface area contributed by atoms with Crippen molar-refractivity contribution < 1.29 is 4.74 Å². The average molecular weight is 198 g/mol.